The number of sulfonamides is 1. The number of rotatable bonds is 5. The first kappa shape index (κ1) is 16.9. The zero-order valence-corrected chi connectivity index (χ0v) is 13.8. The molecule has 0 aromatic heterocycles. The fourth-order valence-electron chi connectivity index (χ4n) is 2.36. The van der Waals surface area contributed by atoms with Crippen LogP contribution in [-0.2, 0) is 14.8 Å². The molecular weight excluding hydrogens is 302 g/mol. The second-order valence-electron chi connectivity index (χ2n) is 6.11. The van der Waals surface area contributed by atoms with E-state index >= 15 is 0 Å². The van der Waals surface area contributed by atoms with Crippen molar-refractivity contribution in [1.29, 1.82) is 0 Å². The van der Waals surface area contributed by atoms with Gasteiger partial charge in [-0.05, 0) is 26.0 Å². The first-order chi connectivity index (χ1) is 10.3. The van der Waals surface area contributed by atoms with Gasteiger partial charge in [-0.1, -0.05) is 18.2 Å². The van der Waals surface area contributed by atoms with Crippen molar-refractivity contribution in [3.63, 3.8) is 0 Å². The number of carbonyl (C=O) groups is 1. The Bertz CT molecular complexity index is 608. The highest BCUT2D eigenvalue weighted by Gasteiger charge is 2.36. The number of hydrogen-bond acceptors (Lipinski definition) is 4. The van der Waals surface area contributed by atoms with Gasteiger partial charge in [0.05, 0.1) is 11.2 Å². The summed E-state index contributed by atoms with van der Waals surface area (Å²) in [7, 11) is -3.45. The number of nitrogens with one attached hydrogen (secondary N) is 2. The molecule has 1 aliphatic heterocycles. The van der Waals surface area contributed by atoms with E-state index in [4.69, 9.17) is 0 Å². The number of para-hydroxylation sites is 1. The van der Waals surface area contributed by atoms with Crippen molar-refractivity contribution >= 4 is 21.6 Å². The van der Waals surface area contributed by atoms with Crippen LogP contribution in [0, 0.1) is 5.41 Å². The molecule has 0 radical (unpaired) electrons. The number of hydrogen-bond donors (Lipinski definition) is 2. The maximum Gasteiger partial charge on any atom is 0.231 e. The van der Waals surface area contributed by atoms with Gasteiger partial charge in [0.25, 0.3) is 0 Å². The van der Waals surface area contributed by atoms with Crippen LogP contribution >= 0.6 is 0 Å². The van der Waals surface area contributed by atoms with Gasteiger partial charge in [-0.15, -0.1) is 0 Å². The van der Waals surface area contributed by atoms with Crippen molar-refractivity contribution < 1.29 is 13.2 Å². The summed E-state index contributed by atoms with van der Waals surface area (Å²) in [6, 6.07) is 9.05. The van der Waals surface area contributed by atoms with E-state index in [1.165, 1.54) is 4.31 Å². The third kappa shape index (κ3) is 4.28. The lowest BCUT2D eigenvalue weighted by atomic mass is 9.95. The van der Waals surface area contributed by atoms with Crippen molar-refractivity contribution in [2.24, 2.45) is 5.41 Å². The van der Waals surface area contributed by atoms with Crippen molar-refractivity contribution in [2.75, 3.05) is 37.2 Å². The number of nitrogens with zero attached hydrogens (tertiary/aromatic N) is 1. The maximum absolute atomic E-state index is 12.5. The normalized spacial score (nSPS) is 17.2. The molecule has 1 fully saturated rings. The summed E-state index contributed by atoms with van der Waals surface area (Å²) < 4.78 is 26.4. The summed E-state index contributed by atoms with van der Waals surface area (Å²) in [5, 5.41) is 5.89. The van der Waals surface area contributed by atoms with Crippen LogP contribution in [0.1, 0.15) is 13.8 Å². The Morgan fingerprint density at radius 1 is 1.23 bits per heavy atom. The van der Waals surface area contributed by atoms with E-state index in [1.807, 2.05) is 18.2 Å². The monoisotopic (exact) mass is 325 g/mol. The molecule has 0 aliphatic carbocycles. The predicted octanol–water partition coefficient (Wildman–Crippen LogP) is 0.886. The van der Waals surface area contributed by atoms with Crippen LogP contribution in [0.4, 0.5) is 5.69 Å². The number of benzene rings is 1. The lowest BCUT2D eigenvalue weighted by Crippen LogP contribution is -2.50. The van der Waals surface area contributed by atoms with E-state index in [1.54, 1.807) is 26.0 Å². The highest BCUT2D eigenvalue weighted by Crippen LogP contribution is 2.23. The van der Waals surface area contributed by atoms with Crippen LogP contribution in [0.5, 0.6) is 0 Å². The number of carbonyl (C=O) groups excluding carboxylic acids is 1. The number of amides is 1. The molecule has 0 unspecified atom stereocenters. The summed E-state index contributed by atoms with van der Waals surface area (Å²) in [4.78, 5) is 12.4. The van der Waals surface area contributed by atoms with Gasteiger partial charge in [0.15, 0.2) is 0 Å². The zero-order valence-electron chi connectivity index (χ0n) is 13.0. The Balaban J connectivity index is 2.04. The van der Waals surface area contributed by atoms with Crippen molar-refractivity contribution in [3.05, 3.63) is 30.3 Å². The van der Waals surface area contributed by atoms with Gasteiger partial charge in [0.2, 0.25) is 15.9 Å². The number of piperazine rings is 1. The average molecular weight is 325 g/mol. The minimum absolute atomic E-state index is 0.196. The van der Waals surface area contributed by atoms with Gasteiger partial charge in [0, 0.05) is 31.9 Å². The molecule has 7 heteroatoms. The molecule has 0 atom stereocenters. The van der Waals surface area contributed by atoms with Crippen molar-refractivity contribution in [2.45, 2.75) is 13.8 Å². The maximum atomic E-state index is 12.5. The van der Waals surface area contributed by atoms with Crippen LogP contribution < -0.4 is 10.6 Å². The molecule has 1 aliphatic rings. The molecule has 122 valence electrons. The van der Waals surface area contributed by atoms with Crippen LogP contribution in [-0.4, -0.2) is 50.6 Å². The van der Waals surface area contributed by atoms with Crippen LogP contribution in [0.2, 0.25) is 0 Å². The Labute approximate surface area is 131 Å². The minimum atomic E-state index is -3.45. The van der Waals surface area contributed by atoms with Crippen molar-refractivity contribution in [3.8, 4) is 0 Å². The number of anilines is 1. The van der Waals surface area contributed by atoms with E-state index in [0.717, 1.165) is 0 Å². The van der Waals surface area contributed by atoms with E-state index < -0.39 is 15.4 Å². The molecule has 1 aromatic rings. The molecule has 0 bridgehead atoms. The fraction of sp³-hybridized carbons (Fsp3) is 0.533. The van der Waals surface area contributed by atoms with Gasteiger partial charge < -0.3 is 10.6 Å². The summed E-state index contributed by atoms with van der Waals surface area (Å²) in [5.41, 5.74) is -0.334. The van der Waals surface area contributed by atoms with Gasteiger partial charge in [-0.3, -0.25) is 4.79 Å². The summed E-state index contributed by atoms with van der Waals surface area (Å²) in [6.07, 6.45) is 0. The second kappa shape index (κ2) is 6.76. The first-order valence-electron chi connectivity index (χ1n) is 7.36. The molecule has 22 heavy (non-hydrogen) atoms. The fourth-order valence-corrected chi connectivity index (χ4v) is 4.32. The smallest absolute Gasteiger partial charge is 0.231 e. The third-order valence-electron chi connectivity index (χ3n) is 3.66. The van der Waals surface area contributed by atoms with Crippen LogP contribution in [0.25, 0.3) is 0 Å². The molecule has 1 saturated heterocycles. The first-order valence-corrected chi connectivity index (χ1v) is 8.97. The lowest BCUT2D eigenvalue weighted by Gasteiger charge is -2.30. The van der Waals surface area contributed by atoms with Crippen LogP contribution in [0.3, 0.4) is 0 Å². The molecule has 1 amide bonds. The third-order valence-corrected chi connectivity index (χ3v) is 5.90. The molecule has 1 heterocycles. The van der Waals surface area contributed by atoms with Crippen LogP contribution in [0.15, 0.2) is 30.3 Å². The lowest BCUT2D eigenvalue weighted by molar-refractivity contribution is -0.123. The summed E-state index contributed by atoms with van der Waals surface area (Å²) in [5.74, 6) is -0.490. The molecule has 6 nitrogen and oxygen atoms in total. The largest absolute Gasteiger partial charge is 0.326 e. The molecule has 1 aromatic carbocycles. The van der Waals surface area contributed by atoms with Gasteiger partial charge in [0.1, 0.15) is 0 Å². The molecular formula is C15H23N3O3S. The Kier molecular flexibility index (Phi) is 5.20. The molecule has 0 saturated carbocycles. The van der Waals surface area contributed by atoms with Gasteiger partial charge >= 0.3 is 0 Å². The topological polar surface area (TPSA) is 78.5 Å². The minimum Gasteiger partial charge on any atom is -0.326 e. The summed E-state index contributed by atoms with van der Waals surface area (Å²) >= 11 is 0. The zero-order chi connectivity index (χ0) is 16.2. The highest BCUT2D eigenvalue weighted by molar-refractivity contribution is 7.89. The van der Waals surface area contributed by atoms with Gasteiger partial charge in [-0.2, -0.15) is 4.31 Å². The standard InChI is InChI=1S/C15H23N3O3S/c1-15(2,14(19)17-13-6-4-3-5-7-13)12-22(20,21)18-10-8-16-9-11-18/h3-7,16H,8-12H2,1-2H3,(H,17,19). The Morgan fingerprint density at radius 2 is 1.82 bits per heavy atom. The van der Waals surface area contributed by atoms with Crippen molar-refractivity contribution in [1.82, 2.24) is 9.62 Å². The quantitative estimate of drug-likeness (QED) is 0.843. The SMILES string of the molecule is CC(C)(CS(=O)(=O)N1CCNCC1)C(=O)Nc1ccccc1. The van der Waals surface area contributed by atoms with Gasteiger partial charge in [-0.25, -0.2) is 8.42 Å². The summed E-state index contributed by atoms with van der Waals surface area (Å²) in [6.45, 7) is 5.53. The van der Waals surface area contributed by atoms with E-state index in [-0.39, 0.29) is 11.7 Å². The average Bonchev–Trinajstić information content (AvgIpc) is 2.48. The van der Waals surface area contributed by atoms with E-state index in [9.17, 15) is 13.2 Å². The second-order valence-corrected chi connectivity index (χ2v) is 8.08. The predicted molar refractivity (Wildman–Crippen MR) is 87.1 cm³/mol. The molecule has 2 N–H and O–H groups in total. The Morgan fingerprint density at radius 3 is 2.41 bits per heavy atom. The Hall–Kier alpha value is -1.44. The molecule has 2 rings (SSSR count). The highest BCUT2D eigenvalue weighted by atomic mass is 32.2. The van der Waals surface area contributed by atoms with E-state index in [2.05, 4.69) is 10.6 Å². The molecule has 0 spiro atoms. The van der Waals surface area contributed by atoms with E-state index in [0.29, 0.717) is 31.9 Å².